The molecule has 3 N–H and O–H groups in total. The molecule has 27 heavy (non-hydrogen) atoms. The third-order valence-electron chi connectivity index (χ3n) is 4.57. The summed E-state index contributed by atoms with van der Waals surface area (Å²) in [6.45, 7) is 5.40. The highest BCUT2D eigenvalue weighted by Gasteiger charge is 2.17. The number of nitrogens with zero attached hydrogens (tertiary/aromatic N) is 3. The molecular formula is C19H21N5O3. The summed E-state index contributed by atoms with van der Waals surface area (Å²) in [5.74, 6) is 0.509. The van der Waals surface area contributed by atoms with Crippen molar-refractivity contribution in [2.45, 2.75) is 13.5 Å². The van der Waals surface area contributed by atoms with E-state index in [0.717, 1.165) is 41.2 Å². The number of nitrogens with one attached hydrogen (secondary N) is 2. The summed E-state index contributed by atoms with van der Waals surface area (Å²) in [6, 6.07) is 8.84. The van der Waals surface area contributed by atoms with Gasteiger partial charge in [-0.2, -0.15) is 9.97 Å². The van der Waals surface area contributed by atoms with Crippen LogP contribution in [0.4, 0.5) is 11.8 Å². The van der Waals surface area contributed by atoms with Crippen molar-refractivity contribution in [2.75, 3.05) is 36.5 Å². The molecule has 0 bridgehead atoms. The number of carbonyl (C=O) groups is 1. The fourth-order valence-corrected chi connectivity index (χ4v) is 3.12. The maximum absolute atomic E-state index is 11.0. The van der Waals surface area contributed by atoms with Gasteiger partial charge in [-0.3, -0.25) is 0 Å². The lowest BCUT2D eigenvalue weighted by molar-refractivity contribution is 0.0697. The van der Waals surface area contributed by atoms with Crippen LogP contribution in [0.3, 0.4) is 0 Å². The molecule has 1 aliphatic rings. The van der Waals surface area contributed by atoms with Crippen molar-refractivity contribution >= 4 is 28.8 Å². The number of hydrogen-bond acceptors (Lipinski definition) is 6. The van der Waals surface area contributed by atoms with E-state index < -0.39 is 5.97 Å². The Morgan fingerprint density at radius 1 is 1.26 bits per heavy atom. The van der Waals surface area contributed by atoms with Gasteiger partial charge in [0.05, 0.1) is 24.2 Å². The van der Waals surface area contributed by atoms with Crippen LogP contribution in [-0.2, 0) is 11.3 Å². The Bertz CT molecular complexity index is 961. The Balaban J connectivity index is 1.60. The molecule has 0 atom stereocenters. The largest absolute Gasteiger partial charge is 0.478 e. The van der Waals surface area contributed by atoms with Gasteiger partial charge in [-0.1, -0.05) is 12.1 Å². The fraction of sp³-hybridized carbons (Fsp3) is 0.316. The monoisotopic (exact) mass is 367 g/mol. The zero-order valence-corrected chi connectivity index (χ0v) is 15.0. The van der Waals surface area contributed by atoms with E-state index in [4.69, 9.17) is 14.8 Å². The summed E-state index contributed by atoms with van der Waals surface area (Å²) in [4.78, 5) is 25.8. The number of aromatic amines is 1. The molecule has 0 radical (unpaired) electrons. The molecule has 1 saturated heterocycles. The Kier molecular flexibility index (Phi) is 4.64. The quantitative estimate of drug-likeness (QED) is 0.636. The van der Waals surface area contributed by atoms with E-state index in [1.54, 1.807) is 24.3 Å². The summed E-state index contributed by atoms with van der Waals surface area (Å²) < 4.78 is 5.41. The number of anilines is 2. The number of carboxylic acid groups (broad SMARTS) is 1. The second-order valence-corrected chi connectivity index (χ2v) is 6.54. The van der Waals surface area contributed by atoms with E-state index in [2.05, 4.69) is 20.2 Å². The van der Waals surface area contributed by atoms with Gasteiger partial charge in [0, 0.05) is 25.3 Å². The Hall–Kier alpha value is -3.13. The first-order valence-electron chi connectivity index (χ1n) is 8.86. The van der Waals surface area contributed by atoms with Crippen LogP contribution >= 0.6 is 0 Å². The Morgan fingerprint density at radius 3 is 2.70 bits per heavy atom. The van der Waals surface area contributed by atoms with Crippen LogP contribution in [0, 0.1) is 6.92 Å². The molecule has 3 heterocycles. The number of ether oxygens (including phenoxy) is 1. The van der Waals surface area contributed by atoms with Gasteiger partial charge in [0.2, 0.25) is 5.95 Å². The van der Waals surface area contributed by atoms with Crippen molar-refractivity contribution in [3.8, 4) is 0 Å². The van der Waals surface area contributed by atoms with E-state index in [1.807, 2.05) is 13.0 Å². The number of H-pyrrole nitrogens is 1. The van der Waals surface area contributed by atoms with Crippen molar-refractivity contribution in [3.05, 3.63) is 47.2 Å². The van der Waals surface area contributed by atoms with Gasteiger partial charge in [0.25, 0.3) is 0 Å². The van der Waals surface area contributed by atoms with E-state index in [-0.39, 0.29) is 5.56 Å². The zero-order chi connectivity index (χ0) is 18.8. The number of carboxylic acids is 1. The number of benzene rings is 1. The SMILES string of the molecule is Cc1cc2c(NCc3ccc(C(=O)O)cc3)nc(N3CCOCC3)nc2[nH]1. The summed E-state index contributed by atoms with van der Waals surface area (Å²) >= 11 is 0. The van der Waals surface area contributed by atoms with Crippen LogP contribution in [0.25, 0.3) is 11.0 Å². The highest BCUT2D eigenvalue weighted by molar-refractivity contribution is 5.89. The molecule has 0 amide bonds. The number of fused-ring (bicyclic) bond motifs is 1. The molecule has 8 heteroatoms. The molecule has 2 aromatic heterocycles. The lowest BCUT2D eigenvalue weighted by Crippen LogP contribution is -2.37. The van der Waals surface area contributed by atoms with Gasteiger partial charge in [-0.25, -0.2) is 4.79 Å². The van der Waals surface area contributed by atoms with E-state index in [9.17, 15) is 4.79 Å². The van der Waals surface area contributed by atoms with E-state index >= 15 is 0 Å². The molecule has 0 aliphatic carbocycles. The summed E-state index contributed by atoms with van der Waals surface area (Å²) in [7, 11) is 0. The minimum Gasteiger partial charge on any atom is -0.478 e. The highest BCUT2D eigenvalue weighted by atomic mass is 16.5. The lowest BCUT2D eigenvalue weighted by atomic mass is 10.1. The number of aromatic nitrogens is 3. The number of hydrogen-bond donors (Lipinski definition) is 3. The molecule has 4 rings (SSSR count). The first-order chi connectivity index (χ1) is 13.1. The van der Waals surface area contributed by atoms with Gasteiger partial charge in [0.1, 0.15) is 11.5 Å². The first kappa shape index (κ1) is 17.3. The van der Waals surface area contributed by atoms with Crippen molar-refractivity contribution in [2.24, 2.45) is 0 Å². The molecule has 8 nitrogen and oxygen atoms in total. The van der Waals surface area contributed by atoms with E-state index in [0.29, 0.717) is 25.7 Å². The molecule has 0 spiro atoms. The zero-order valence-electron chi connectivity index (χ0n) is 15.0. The van der Waals surface area contributed by atoms with Crippen LogP contribution in [0.5, 0.6) is 0 Å². The fourth-order valence-electron chi connectivity index (χ4n) is 3.12. The average Bonchev–Trinajstić information content (AvgIpc) is 3.07. The van der Waals surface area contributed by atoms with Crippen LogP contribution in [0.1, 0.15) is 21.6 Å². The highest BCUT2D eigenvalue weighted by Crippen LogP contribution is 2.25. The van der Waals surface area contributed by atoms with Crippen LogP contribution in [0.2, 0.25) is 0 Å². The predicted molar refractivity (Wildman–Crippen MR) is 102 cm³/mol. The minimum atomic E-state index is -0.926. The number of aryl methyl sites for hydroxylation is 1. The summed E-state index contributed by atoms with van der Waals surface area (Å²) in [5.41, 5.74) is 3.07. The minimum absolute atomic E-state index is 0.277. The maximum atomic E-state index is 11.0. The number of rotatable bonds is 5. The van der Waals surface area contributed by atoms with Crippen molar-refractivity contribution < 1.29 is 14.6 Å². The maximum Gasteiger partial charge on any atom is 0.335 e. The lowest BCUT2D eigenvalue weighted by Gasteiger charge is -2.27. The Labute approximate surface area is 156 Å². The van der Waals surface area contributed by atoms with E-state index in [1.165, 1.54) is 0 Å². The molecule has 1 fully saturated rings. The summed E-state index contributed by atoms with van der Waals surface area (Å²) in [6.07, 6.45) is 0. The summed E-state index contributed by atoms with van der Waals surface area (Å²) in [5, 5.41) is 13.3. The molecule has 0 unspecified atom stereocenters. The van der Waals surface area contributed by atoms with Crippen molar-refractivity contribution in [1.29, 1.82) is 0 Å². The van der Waals surface area contributed by atoms with Crippen molar-refractivity contribution in [1.82, 2.24) is 15.0 Å². The normalized spacial score (nSPS) is 14.5. The third-order valence-corrected chi connectivity index (χ3v) is 4.57. The molecule has 3 aromatic rings. The standard InChI is InChI=1S/C19H21N5O3/c1-12-10-15-16(20-11-13-2-4-14(5-3-13)18(25)26)22-19(23-17(15)21-12)24-6-8-27-9-7-24/h2-5,10H,6-9,11H2,1H3,(H,25,26)(H2,20,21,22,23). The molecular weight excluding hydrogens is 346 g/mol. The van der Waals surface area contributed by atoms with Gasteiger partial charge in [0.15, 0.2) is 0 Å². The van der Waals surface area contributed by atoms with Crippen LogP contribution < -0.4 is 10.2 Å². The number of morpholine rings is 1. The second-order valence-electron chi connectivity index (χ2n) is 6.54. The van der Waals surface area contributed by atoms with Gasteiger partial charge >= 0.3 is 5.97 Å². The van der Waals surface area contributed by atoms with Crippen molar-refractivity contribution in [3.63, 3.8) is 0 Å². The average molecular weight is 367 g/mol. The second kappa shape index (κ2) is 7.24. The third kappa shape index (κ3) is 3.70. The van der Waals surface area contributed by atoms with Gasteiger partial charge in [-0.15, -0.1) is 0 Å². The topological polar surface area (TPSA) is 103 Å². The van der Waals surface area contributed by atoms with Crippen LogP contribution in [-0.4, -0.2) is 52.3 Å². The van der Waals surface area contributed by atoms with Gasteiger partial charge < -0.3 is 25.0 Å². The smallest absolute Gasteiger partial charge is 0.335 e. The molecule has 0 saturated carbocycles. The Morgan fingerprint density at radius 2 is 2.00 bits per heavy atom. The first-order valence-corrected chi connectivity index (χ1v) is 8.86. The van der Waals surface area contributed by atoms with Crippen LogP contribution in [0.15, 0.2) is 30.3 Å². The molecule has 1 aliphatic heterocycles. The molecule has 1 aromatic carbocycles. The molecule has 140 valence electrons. The predicted octanol–water partition coefficient (Wildman–Crippen LogP) is 2.41. The van der Waals surface area contributed by atoms with Gasteiger partial charge in [-0.05, 0) is 30.7 Å². The number of aromatic carboxylic acids is 1.